The molecule has 11 heteroatoms. The first kappa shape index (κ1) is 18.3. The molecule has 0 rings (SSSR count). The van der Waals surface area contributed by atoms with Crippen molar-refractivity contribution in [2.75, 3.05) is 0 Å². The third-order valence-corrected chi connectivity index (χ3v) is 1.11. The van der Waals surface area contributed by atoms with Crippen LogP contribution >= 0.6 is 0 Å². The van der Waals surface area contributed by atoms with Gasteiger partial charge in [0.05, 0.1) is 0 Å². The third kappa shape index (κ3) is 3.20. The van der Waals surface area contributed by atoms with E-state index in [0.29, 0.717) is 0 Å². The molecule has 0 radical (unpaired) electrons. The summed E-state index contributed by atoms with van der Waals surface area (Å²) in [6, 6.07) is 0. The second-order valence-corrected chi connectivity index (χ2v) is 2.14. The molecule has 0 saturated heterocycles. The van der Waals surface area contributed by atoms with E-state index in [1.807, 2.05) is 0 Å². The standard InChI is InChI=1S/C4F10.K.H/c5-1(6,3(9,10)11)2(7,8)4(12,13)14;;. The van der Waals surface area contributed by atoms with Gasteiger partial charge in [0.25, 0.3) is 0 Å². The fourth-order valence-electron chi connectivity index (χ4n) is 0.356. The van der Waals surface area contributed by atoms with Gasteiger partial charge in [0.2, 0.25) is 0 Å². The zero-order valence-corrected chi connectivity index (χ0v) is 5.78. The van der Waals surface area contributed by atoms with Crippen molar-refractivity contribution in [2.45, 2.75) is 24.2 Å². The van der Waals surface area contributed by atoms with Crippen molar-refractivity contribution in [1.29, 1.82) is 0 Å². The molecule has 0 bridgehead atoms. The average Bonchev–Trinajstić information content (AvgIpc) is 1.81. The summed E-state index contributed by atoms with van der Waals surface area (Å²) in [5.41, 5.74) is 0. The predicted octanol–water partition coefficient (Wildman–Crippen LogP) is 2.73. The van der Waals surface area contributed by atoms with Gasteiger partial charge in [-0.25, -0.2) is 0 Å². The van der Waals surface area contributed by atoms with E-state index in [1.165, 1.54) is 0 Å². The quantitative estimate of drug-likeness (QED) is 0.511. The van der Waals surface area contributed by atoms with E-state index in [0.717, 1.165) is 0 Å². The monoisotopic (exact) mass is 278 g/mol. The van der Waals surface area contributed by atoms with Crippen LogP contribution in [0.3, 0.4) is 0 Å². The predicted molar refractivity (Wildman–Crippen MR) is 29.2 cm³/mol. The van der Waals surface area contributed by atoms with Crippen LogP contribution in [0.25, 0.3) is 0 Å². The van der Waals surface area contributed by atoms with Crippen LogP contribution in [0.4, 0.5) is 43.9 Å². The van der Waals surface area contributed by atoms with Crippen molar-refractivity contribution in [3.05, 3.63) is 0 Å². The molecule has 0 aliphatic rings. The maximum atomic E-state index is 11.6. The molecule has 0 aliphatic carbocycles. The van der Waals surface area contributed by atoms with Crippen LogP contribution in [0, 0.1) is 0 Å². The summed E-state index contributed by atoms with van der Waals surface area (Å²) in [6.07, 6.45) is -13.9. The maximum absolute atomic E-state index is 11.6. The fraction of sp³-hybridized carbons (Fsp3) is 1.00. The van der Waals surface area contributed by atoms with E-state index >= 15 is 0 Å². The Balaban J connectivity index is 0. The van der Waals surface area contributed by atoms with Crippen molar-refractivity contribution in [1.82, 2.24) is 0 Å². The summed E-state index contributed by atoms with van der Waals surface area (Å²) in [7, 11) is 0. The second kappa shape index (κ2) is 4.67. The van der Waals surface area contributed by atoms with Crippen LogP contribution < -0.4 is 0 Å². The van der Waals surface area contributed by atoms with Crippen LogP contribution in [0.1, 0.15) is 0 Å². The molecule has 15 heavy (non-hydrogen) atoms. The Morgan fingerprint density at radius 1 is 0.400 bits per heavy atom. The van der Waals surface area contributed by atoms with Crippen LogP contribution in [-0.2, 0) is 0 Å². The van der Waals surface area contributed by atoms with Gasteiger partial charge in [-0.15, -0.1) is 0 Å². The van der Waals surface area contributed by atoms with Crippen molar-refractivity contribution in [3.8, 4) is 0 Å². The molecule has 0 unspecified atom stereocenters. The molecule has 0 aromatic carbocycles. The molecule has 0 atom stereocenters. The first-order valence-electron chi connectivity index (χ1n) is 2.64. The molecule has 0 aliphatic heterocycles. The third-order valence-electron chi connectivity index (χ3n) is 1.11. The molecule has 0 heterocycles. The average molecular weight is 278 g/mol. The zero-order valence-electron chi connectivity index (χ0n) is 5.78. The van der Waals surface area contributed by atoms with Gasteiger partial charge in [-0.3, -0.25) is 0 Å². The first-order chi connectivity index (χ1) is 5.75. The number of rotatable bonds is 1. The van der Waals surface area contributed by atoms with Crippen LogP contribution in [0.15, 0.2) is 0 Å². The molecule has 0 fully saturated rings. The van der Waals surface area contributed by atoms with Crippen LogP contribution in [0.2, 0.25) is 0 Å². The van der Waals surface area contributed by atoms with Gasteiger partial charge >= 0.3 is 75.6 Å². The van der Waals surface area contributed by atoms with Gasteiger partial charge in [-0.1, -0.05) is 0 Å². The minimum absolute atomic E-state index is 0. The van der Waals surface area contributed by atoms with Crippen LogP contribution in [-0.4, -0.2) is 75.6 Å². The van der Waals surface area contributed by atoms with Gasteiger partial charge in [0.1, 0.15) is 0 Å². The van der Waals surface area contributed by atoms with Gasteiger partial charge in [-0.2, -0.15) is 43.9 Å². The van der Waals surface area contributed by atoms with Gasteiger partial charge in [0.15, 0.2) is 0 Å². The minimum atomic E-state index is -7.14. The van der Waals surface area contributed by atoms with E-state index in [4.69, 9.17) is 0 Å². The van der Waals surface area contributed by atoms with Crippen molar-refractivity contribution in [2.24, 2.45) is 0 Å². The molecule has 0 saturated carbocycles. The van der Waals surface area contributed by atoms with Gasteiger partial charge < -0.3 is 0 Å². The summed E-state index contributed by atoms with van der Waals surface area (Å²) in [4.78, 5) is 0. The van der Waals surface area contributed by atoms with Crippen molar-refractivity contribution < 1.29 is 43.9 Å². The second-order valence-electron chi connectivity index (χ2n) is 2.14. The number of alkyl halides is 10. The molecule has 0 aromatic rings. The molecular formula is C4HF10K. The summed E-state index contributed by atoms with van der Waals surface area (Å²) in [5, 5.41) is 0. The Labute approximate surface area is 118 Å². The Morgan fingerprint density at radius 3 is 0.600 bits per heavy atom. The topological polar surface area (TPSA) is 0 Å². The number of hydrogen-bond acceptors (Lipinski definition) is 0. The molecule has 0 aromatic heterocycles. The van der Waals surface area contributed by atoms with Gasteiger partial charge in [-0.05, 0) is 0 Å². The Bertz CT molecular complexity index is 186. The van der Waals surface area contributed by atoms with Crippen molar-refractivity contribution >= 4 is 51.4 Å². The zero-order chi connectivity index (χ0) is 12.0. The van der Waals surface area contributed by atoms with Crippen molar-refractivity contribution in [3.63, 3.8) is 0 Å². The summed E-state index contributed by atoms with van der Waals surface area (Å²) < 4.78 is 113. The molecule has 0 nitrogen and oxygen atoms in total. The molecule has 0 N–H and O–H groups in total. The summed E-state index contributed by atoms with van der Waals surface area (Å²) in [6.45, 7) is 0. The molecular weight excluding hydrogens is 277 g/mol. The molecule has 88 valence electrons. The van der Waals surface area contributed by atoms with E-state index in [1.54, 1.807) is 0 Å². The van der Waals surface area contributed by atoms with E-state index < -0.39 is 24.2 Å². The van der Waals surface area contributed by atoms with E-state index in [9.17, 15) is 43.9 Å². The molecule has 0 amide bonds. The Kier molecular flexibility index (Phi) is 5.69. The SMILES string of the molecule is FC(F)(F)C(F)(F)C(F)(F)C(F)(F)F.[KH]. The molecule has 0 spiro atoms. The summed E-state index contributed by atoms with van der Waals surface area (Å²) >= 11 is 0. The normalized spacial score (nSPS) is 14.8. The van der Waals surface area contributed by atoms with Gasteiger partial charge in [0, 0.05) is 0 Å². The van der Waals surface area contributed by atoms with Crippen LogP contribution in [0.5, 0.6) is 0 Å². The first-order valence-corrected chi connectivity index (χ1v) is 2.64. The fourth-order valence-corrected chi connectivity index (χ4v) is 0.356. The Hall–Kier alpha value is 0.936. The Morgan fingerprint density at radius 2 is 0.533 bits per heavy atom. The number of halogens is 10. The summed E-state index contributed by atoms with van der Waals surface area (Å²) in [5.74, 6) is -14.3. The van der Waals surface area contributed by atoms with E-state index in [-0.39, 0.29) is 51.4 Å². The number of hydrogen-bond donors (Lipinski definition) is 0. The van der Waals surface area contributed by atoms with E-state index in [2.05, 4.69) is 0 Å².